The first-order valence-electron chi connectivity index (χ1n) is 4.35. The van der Waals surface area contributed by atoms with Gasteiger partial charge in [-0.05, 0) is 6.92 Å². The van der Waals surface area contributed by atoms with E-state index in [1.54, 1.807) is 13.8 Å². The molecule has 0 aromatic rings. The molecular weight excluding hydrogens is 184 g/mol. The second-order valence-corrected chi connectivity index (χ2v) is 2.67. The van der Waals surface area contributed by atoms with Crippen LogP contribution in [0.2, 0.25) is 0 Å². The molecule has 0 N–H and O–H groups in total. The van der Waals surface area contributed by atoms with Gasteiger partial charge >= 0.3 is 11.9 Å². The first-order valence-corrected chi connectivity index (χ1v) is 4.35. The van der Waals surface area contributed by atoms with Crippen LogP contribution in [0.25, 0.3) is 0 Å². The summed E-state index contributed by atoms with van der Waals surface area (Å²) in [7, 11) is 1.26. The maximum Gasteiger partial charge on any atom is 0.384 e. The number of rotatable bonds is 3. The molecule has 14 heavy (non-hydrogen) atoms. The number of carbonyl (C=O) groups is 2. The molecule has 0 radical (unpaired) electrons. The molecule has 0 aromatic heterocycles. The minimum absolute atomic E-state index is 0.192. The highest BCUT2D eigenvalue weighted by Crippen LogP contribution is 2.01. The lowest BCUT2D eigenvalue weighted by atomic mass is 10.1. The zero-order valence-corrected chi connectivity index (χ0v) is 8.62. The molecule has 1 unspecified atom stereocenters. The van der Waals surface area contributed by atoms with E-state index in [2.05, 4.69) is 16.6 Å². The molecule has 0 spiro atoms. The molecule has 0 heterocycles. The van der Waals surface area contributed by atoms with Crippen LogP contribution in [-0.2, 0) is 19.1 Å². The lowest BCUT2D eigenvalue weighted by Crippen LogP contribution is -2.08. The highest BCUT2D eigenvalue weighted by atomic mass is 16.5. The predicted octanol–water partition coefficient (Wildman–Crippen LogP) is 0.752. The van der Waals surface area contributed by atoms with Gasteiger partial charge in [0.15, 0.2) is 0 Å². The third-order valence-electron chi connectivity index (χ3n) is 1.38. The fourth-order valence-electron chi connectivity index (χ4n) is 0.754. The van der Waals surface area contributed by atoms with Crippen molar-refractivity contribution < 1.29 is 19.1 Å². The van der Waals surface area contributed by atoms with Gasteiger partial charge in [0.1, 0.15) is 0 Å². The monoisotopic (exact) mass is 198 g/mol. The molecule has 0 aromatic carbocycles. The van der Waals surface area contributed by atoms with Crippen LogP contribution in [0, 0.1) is 17.8 Å². The van der Waals surface area contributed by atoms with Crippen LogP contribution in [0.5, 0.6) is 0 Å². The molecule has 0 amide bonds. The van der Waals surface area contributed by atoms with Gasteiger partial charge in [0, 0.05) is 11.8 Å². The van der Waals surface area contributed by atoms with Gasteiger partial charge in [-0.25, -0.2) is 4.79 Å². The maximum absolute atomic E-state index is 11.0. The van der Waals surface area contributed by atoms with Crippen LogP contribution in [-0.4, -0.2) is 25.7 Å². The number of esters is 2. The average molecular weight is 198 g/mol. The fraction of sp³-hybridized carbons (Fsp3) is 0.600. The lowest BCUT2D eigenvalue weighted by molar-refractivity contribution is -0.143. The Labute approximate surface area is 83.6 Å². The van der Waals surface area contributed by atoms with Crippen molar-refractivity contribution in [2.75, 3.05) is 13.7 Å². The molecule has 0 aliphatic rings. The van der Waals surface area contributed by atoms with E-state index in [9.17, 15) is 9.59 Å². The average Bonchev–Trinajstić information content (AvgIpc) is 2.14. The van der Waals surface area contributed by atoms with Gasteiger partial charge in [-0.15, -0.1) is 0 Å². The van der Waals surface area contributed by atoms with E-state index in [0.717, 1.165) is 0 Å². The smallest absolute Gasteiger partial charge is 0.384 e. The Morgan fingerprint density at radius 1 is 1.43 bits per heavy atom. The Bertz CT molecular complexity index is 259. The van der Waals surface area contributed by atoms with Crippen LogP contribution >= 0.6 is 0 Å². The van der Waals surface area contributed by atoms with Crippen LogP contribution < -0.4 is 0 Å². The SMILES string of the molecule is CCOC(=O)CC(C)C#CC(=O)OC. The third kappa shape index (κ3) is 6.06. The standard InChI is InChI=1S/C10H14O4/c1-4-14-10(12)7-8(2)5-6-9(11)13-3/h8H,4,7H2,1-3H3. The van der Waals surface area contributed by atoms with Crippen molar-refractivity contribution in [1.29, 1.82) is 0 Å². The molecule has 78 valence electrons. The fourth-order valence-corrected chi connectivity index (χ4v) is 0.754. The van der Waals surface area contributed by atoms with E-state index in [1.165, 1.54) is 7.11 Å². The summed E-state index contributed by atoms with van der Waals surface area (Å²) in [4.78, 5) is 21.6. The molecule has 0 fully saturated rings. The molecule has 0 aliphatic heterocycles. The molecule has 1 atom stereocenters. The topological polar surface area (TPSA) is 52.6 Å². The van der Waals surface area contributed by atoms with Crippen LogP contribution in [0.1, 0.15) is 20.3 Å². The molecule has 0 saturated heterocycles. The number of methoxy groups -OCH3 is 1. The summed E-state index contributed by atoms with van der Waals surface area (Å²) in [5.74, 6) is 3.75. The van der Waals surface area contributed by atoms with Crippen LogP contribution in [0.15, 0.2) is 0 Å². The zero-order chi connectivity index (χ0) is 11.0. The minimum Gasteiger partial charge on any atom is -0.466 e. The summed E-state index contributed by atoms with van der Waals surface area (Å²) < 4.78 is 9.05. The van der Waals surface area contributed by atoms with E-state index in [1.807, 2.05) is 0 Å². The summed E-state index contributed by atoms with van der Waals surface area (Å²) in [6.07, 6.45) is 0.192. The highest BCUT2D eigenvalue weighted by Gasteiger charge is 2.07. The van der Waals surface area contributed by atoms with Crippen molar-refractivity contribution in [3.8, 4) is 11.8 Å². The minimum atomic E-state index is -0.597. The van der Waals surface area contributed by atoms with Gasteiger partial charge in [0.2, 0.25) is 0 Å². The molecule has 4 nitrogen and oxygen atoms in total. The molecule has 4 heteroatoms. The predicted molar refractivity (Wildman–Crippen MR) is 50.2 cm³/mol. The van der Waals surface area contributed by atoms with Crippen LogP contribution in [0.3, 0.4) is 0 Å². The summed E-state index contributed by atoms with van der Waals surface area (Å²) in [6.45, 7) is 3.84. The molecular formula is C10H14O4. The van der Waals surface area contributed by atoms with E-state index in [-0.39, 0.29) is 18.3 Å². The third-order valence-corrected chi connectivity index (χ3v) is 1.38. The first-order chi connectivity index (χ1) is 6.60. The number of hydrogen-bond donors (Lipinski definition) is 0. The Morgan fingerprint density at radius 3 is 2.57 bits per heavy atom. The molecule has 0 saturated carbocycles. The summed E-state index contributed by atoms with van der Waals surface area (Å²) in [6, 6.07) is 0. The number of carbonyl (C=O) groups excluding carboxylic acids is 2. The van der Waals surface area contributed by atoms with Crippen molar-refractivity contribution in [3.63, 3.8) is 0 Å². The van der Waals surface area contributed by atoms with Crippen molar-refractivity contribution in [2.45, 2.75) is 20.3 Å². The van der Waals surface area contributed by atoms with Gasteiger partial charge in [0.25, 0.3) is 0 Å². The first kappa shape index (κ1) is 12.5. The Morgan fingerprint density at radius 2 is 2.07 bits per heavy atom. The second-order valence-electron chi connectivity index (χ2n) is 2.67. The largest absolute Gasteiger partial charge is 0.466 e. The van der Waals surface area contributed by atoms with Crippen molar-refractivity contribution in [3.05, 3.63) is 0 Å². The van der Waals surface area contributed by atoms with Crippen molar-refractivity contribution >= 4 is 11.9 Å². The Kier molecular flexibility index (Phi) is 6.21. The second kappa shape index (κ2) is 6.96. The van der Waals surface area contributed by atoms with Crippen molar-refractivity contribution in [2.24, 2.45) is 5.92 Å². The summed E-state index contributed by atoms with van der Waals surface area (Å²) in [5, 5.41) is 0. The molecule has 0 aliphatic carbocycles. The van der Waals surface area contributed by atoms with Gasteiger partial charge in [-0.3, -0.25) is 4.79 Å². The van der Waals surface area contributed by atoms with Crippen molar-refractivity contribution in [1.82, 2.24) is 0 Å². The van der Waals surface area contributed by atoms with E-state index in [4.69, 9.17) is 4.74 Å². The normalized spacial score (nSPS) is 10.8. The number of ether oxygens (including phenoxy) is 2. The van der Waals surface area contributed by atoms with Gasteiger partial charge in [-0.2, -0.15) is 0 Å². The quantitative estimate of drug-likeness (QED) is 0.381. The van der Waals surface area contributed by atoms with Crippen LogP contribution in [0.4, 0.5) is 0 Å². The summed E-state index contributed by atoms with van der Waals surface area (Å²) in [5.41, 5.74) is 0. The van der Waals surface area contributed by atoms with E-state index < -0.39 is 5.97 Å². The van der Waals surface area contributed by atoms with Gasteiger partial charge in [0.05, 0.1) is 20.1 Å². The van der Waals surface area contributed by atoms with Gasteiger partial charge < -0.3 is 9.47 Å². The number of hydrogen-bond acceptors (Lipinski definition) is 4. The maximum atomic E-state index is 11.0. The highest BCUT2D eigenvalue weighted by molar-refractivity contribution is 5.88. The molecule has 0 rings (SSSR count). The van der Waals surface area contributed by atoms with Gasteiger partial charge in [-0.1, -0.05) is 12.8 Å². The Hall–Kier alpha value is -1.50. The zero-order valence-electron chi connectivity index (χ0n) is 8.62. The summed E-state index contributed by atoms with van der Waals surface area (Å²) >= 11 is 0. The lowest BCUT2D eigenvalue weighted by Gasteiger charge is -2.02. The van der Waals surface area contributed by atoms with E-state index >= 15 is 0 Å². The van der Waals surface area contributed by atoms with E-state index in [0.29, 0.717) is 6.61 Å². The Balaban J connectivity index is 3.95. The molecule has 0 bridgehead atoms.